The third-order valence-corrected chi connectivity index (χ3v) is 4.54. The van der Waals surface area contributed by atoms with Crippen molar-refractivity contribution in [3.63, 3.8) is 0 Å². The van der Waals surface area contributed by atoms with E-state index >= 15 is 0 Å². The molecule has 116 valence electrons. The summed E-state index contributed by atoms with van der Waals surface area (Å²) in [5.74, 6) is 1.11. The number of rotatable bonds is 5. The molecule has 2 heterocycles. The van der Waals surface area contributed by atoms with Crippen LogP contribution < -0.4 is 16.0 Å². The minimum Gasteiger partial charge on any atom is -0.357 e. The van der Waals surface area contributed by atoms with Gasteiger partial charge in [0.25, 0.3) is 5.91 Å². The lowest BCUT2D eigenvalue weighted by Gasteiger charge is -2.33. The molecule has 0 saturated carbocycles. The van der Waals surface area contributed by atoms with Gasteiger partial charge in [-0.15, -0.1) is 0 Å². The second-order valence-corrected chi connectivity index (χ2v) is 6.33. The third-order valence-electron chi connectivity index (χ3n) is 4.54. The van der Waals surface area contributed by atoms with Crippen molar-refractivity contribution in [1.82, 2.24) is 10.3 Å². The average Bonchev–Trinajstić information content (AvgIpc) is 3.01. The van der Waals surface area contributed by atoms with Crippen molar-refractivity contribution in [3.05, 3.63) is 23.9 Å². The highest BCUT2D eigenvalue weighted by atomic mass is 16.1. The molecule has 1 atom stereocenters. The van der Waals surface area contributed by atoms with E-state index < -0.39 is 5.54 Å². The topological polar surface area (TPSA) is 71.2 Å². The van der Waals surface area contributed by atoms with E-state index in [1.165, 1.54) is 12.8 Å². The van der Waals surface area contributed by atoms with E-state index in [-0.39, 0.29) is 11.8 Å². The quantitative estimate of drug-likeness (QED) is 0.867. The van der Waals surface area contributed by atoms with E-state index in [0.717, 1.165) is 18.9 Å². The van der Waals surface area contributed by atoms with Gasteiger partial charge in [-0.3, -0.25) is 4.79 Å². The van der Waals surface area contributed by atoms with Crippen molar-refractivity contribution in [3.8, 4) is 0 Å². The molecular weight excluding hydrogens is 264 g/mol. The Hall–Kier alpha value is -1.62. The minimum absolute atomic E-state index is 0.114. The van der Waals surface area contributed by atoms with Gasteiger partial charge in [0.1, 0.15) is 5.82 Å². The van der Waals surface area contributed by atoms with E-state index in [1.54, 1.807) is 6.20 Å². The first kappa shape index (κ1) is 15.8. The van der Waals surface area contributed by atoms with Crippen LogP contribution in [0.5, 0.6) is 0 Å². The zero-order chi connectivity index (χ0) is 15.5. The molecule has 2 rings (SSSR count). The summed E-state index contributed by atoms with van der Waals surface area (Å²) in [6.07, 6.45) is 4.08. The summed E-state index contributed by atoms with van der Waals surface area (Å²) in [7, 11) is 0. The third kappa shape index (κ3) is 3.53. The van der Waals surface area contributed by atoms with E-state index in [0.29, 0.717) is 12.1 Å². The maximum atomic E-state index is 12.3. The van der Waals surface area contributed by atoms with Gasteiger partial charge < -0.3 is 16.0 Å². The van der Waals surface area contributed by atoms with Gasteiger partial charge in [0.05, 0.1) is 11.1 Å². The summed E-state index contributed by atoms with van der Waals surface area (Å²) in [5, 5.41) is 3.03. The van der Waals surface area contributed by atoms with E-state index in [1.807, 2.05) is 19.1 Å². The standard InChI is InChI=1S/C16H26N4O/c1-12(2)16(3,11-17)19-15(21)13-6-7-14(18-10-13)20-8-4-5-9-20/h6-7,10,12H,4-5,8-9,11,17H2,1-3H3,(H,19,21). The number of nitrogens with two attached hydrogens (primary N) is 1. The lowest BCUT2D eigenvalue weighted by atomic mass is 9.88. The van der Waals surface area contributed by atoms with Crippen molar-refractivity contribution < 1.29 is 4.79 Å². The molecule has 1 saturated heterocycles. The molecule has 0 aromatic carbocycles. The molecule has 1 unspecified atom stereocenters. The minimum atomic E-state index is -0.398. The summed E-state index contributed by atoms with van der Waals surface area (Å²) in [5.41, 5.74) is 5.99. The predicted octanol–water partition coefficient (Wildman–Crippen LogP) is 1.78. The highest BCUT2D eigenvalue weighted by Crippen LogP contribution is 2.19. The van der Waals surface area contributed by atoms with Crippen LogP contribution in [0.3, 0.4) is 0 Å². The number of hydrogen-bond acceptors (Lipinski definition) is 4. The van der Waals surface area contributed by atoms with Crippen molar-refractivity contribution in [1.29, 1.82) is 0 Å². The van der Waals surface area contributed by atoms with Crippen LogP contribution in [-0.2, 0) is 0 Å². The highest BCUT2D eigenvalue weighted by Gasteiger charge is 2.29. The van der Waals surface area contributed by atoms with Gasteiger partial charge in [-0.1, -0.05) is 13.8 Å². The number of amides is 1. The Morgan fingerprint density at radius 1 is 1.43 bits per heavy atom. The Balaban J connectivity index is 2.06. The number of anilines is 1. The number of carbonyl (C=O) groups excluding carboxylic acids is 1. The lowest BCUT2D eigenvalue weighted by Crippen LogP contribution is -2.55. The van der Waals surface area contributed by atoms with Crippen molar-refractivity contribution in [2.45, 2.75) is 39.2 Å². The Labute approximate surface area is 126 Å². The Morgan fingerprint density at radius 3 is 2.57 bits per heavy atom. The monoisotopic (exact) mass is 290 g/mol. The zero-order valence-corrected chi connectivity index (χ0v) is 13.2. The number of aromatic nitrogens is 1. The zero-order valence-electron chi connectivity index (χ0n) is 13.2. The molecule has 1 aliphatic rings. The molecule has 1 fully saturated rings. The van der Waals surface area contributed by atoms with Gasteiger partial charge in [-0.05, 0) is 37.8 Å². The molecule has 1 amide bonds. The molecule has 0 bridgehead atoms. The molecule has 21 heavy (non-hydrogen) atoms. The Kier molecular flexibility index (Phi) is 4.83. The van der Waals surface area contributed by atoms with Gasteiger partial charge in [-0.25, -0.2) is 4.98 Å². The van der Waals surface area contributed by atoms with Gasteiger partial charge >= 0.3 is 0 Å². The van der Waals surface area contributed by atoms with Crippen molar-refractivity contribution >= 4 is 11.7 Å². The van der Waals surface area contributed by atoms with Crippen molar-refractivity contribution in [2.75, 3.05) is 24.5 Å². The van der Waals surface area contributed by atoms with Gasteiger partial charge in [0.15, 0.2) is 0 Å². The summed E-state index contributed by atoms with van der Waals surface area (Å²) >= 11 is 0. The van der Waals surface area contributed by atoms with Gasteiger partial charge in [0, 0.05) is 25.8 Å². The number of nitrogens with one attached hydrogen (secondary N) is 1. The van der Waals surface area contributed by atoms with Crippen LogP contribution >= 0.6 is 0 Å². The highest BCUT2D eigenvalue weighted by molar-refractivity contribution is 5.94. The van der Waals surface area contributed by atoms with Gasteiger partial charge in [0.2, 0.25) is 0 Å². The molecule has 5 nitrogen and oxygen atoms in total. The summed E-state index contributed by atoms with van der Waals surface area (Å²) < 4.78 is 0. The number of carbonyl (C=O) groups is 1. The fraction of sp³-hybridized carbons (Fsp3) is 0.625. The first-order chi connectivity index (χ1) is 9.96. The second kappa shape index (κ2) is 6.43. The molecular formula is C16H26N4O. The Morgan fingerprint density at radius 2 is 2.10 bits per heavy atom. The summed E-state index contributed by atoms with van der Waals surface area (Å²) in [6.45, 7) is 8.61. The molecule has 1 aliphatic heterocycles. The van der Waals surface area contributed by atoms with Gasteiger partial charge in [-0.2, -0.15) is 0 Å². The molecule has 3 N–H and O–H groups in total. The second-order valence-electron chi connectivity index (χ2n) is 6.33. The normalized spacial score (nSPS) is 17.9. The van der Waals surface area contributed by atoms with Crippen LogP contribution in [0, 0.1) is 5.92 Å². The fourth-order valence-corrected chi connectivity index (χ4v) is 2.42. The fourth-order valence-electron chi connectivity index (χ4n) is 2.42. The van der Waals surface area contributed by atoms with Crippen LogP contribution in [-0.4, -0.2) is 36.1 Å². The number of nitrogens with zero attached hydrogens (tertiary/aromatic N) is 2. The largest absolute Gasteiger partial charge is 0.357 e. The van der Waals surface area contributed by atoms with Crippen LogP contribution in [0.4, 0.5) is 5.82 Å². The first-order valence-corrected chi connectivity index (χ1v) is 7.70. The number of hydrogen-bond donors (Lipinski definition) is 2. The van der Waals surface area contributed by atoms with E-state index in [9.17, 15) is 4.79 Å². The maximum Gasteiger partial charge on any atom is 0.253 e. The van der Waals surface area contributed by atoms with E-state index in [4.69, 9.17) is 5.73 Å². The van der Waals surface area contributed by atoms with Crippen LogP contribution in [0.2, 0.25) is 0 Å². The smallest absolute Gasteiger partial charge is 0.253 e. The maximum absolute atomic E-state index is 12.3. The molecule has 0 aliphatic carbocycles. The summed E-state index contributed by atoms with van der Waals surface area (Å²) in [4.78, 5) is 19.0. The molecule has 0 radical (unpaired) electrons. The Bertz CT molecular complexity index is 480. The number of pyridine rings is 1. The predicted molar refractivity (Wildman–Crippen MR) is 85.4 cm³/mol. The first-order valence-electron chi connectivity index (χ1n) is 7.70. The van der Waals surface area contributed by atoms with Crippen LogP contribution in [0.15, 0.2) is 18.3 Å². The molecule has 5 heteroatoms. The van der Waals surface area contributed by atoms with E-state index in [2.05, 4.69) is 29.0 Å². The van der Waals surface area contributed by atoms with Crippen LogP contribution in [0.25, 0.3) is 0 Å². The SMILES string of the molecule is CC(C)C(C)(CN)NC(=O)c1ccc(N2CCCC2)nc1. The summed E-state index contributed by atoms with van der Waals surface area (Å²) in [6, 6.07) is 3.77. The molecule has 0 spiro atoms. The molecule has 1 aromatic heterocycles. The molecule has 1 aromatic rings. The van der Waals surface area contributed by atoms with Crippen molar-refractivity contribution in [2.24, 2.45) is 11.7 Å². The lowest BCUT2D eigenvalue weighted by molar-refractivity contribution is 0.0883. The average molecular weight is 290 g/mol. The van der Waals surface area contributed by atoms with Crippen LogP contribution in [0.1, 0.15) is 44.0 Å².